The lowest BCUT2D eigenvalue weighted by Crippen LogP contribution is -2.41. The van der Waals surface area contributed by atoms with E-state index in [1.165, 1.54) is 23.1 Å². The zero-order valence-corrected chi connectivity index (χ0v) is 19.7. The summed E-state index contributed by atoms with van der Waals surface area (Å²) in [7, 11) is 1.70. The Labute approximate surface area is 190 Å². The van der Waals surface area contributed by atoms with E-state index in [2.05, 4.69) is 28.9 Å². The first-order valence-corrected chi connectivity index (χ1v) is 12.7. The van der Waals surface area contributed by atoms with Crippen molar-refractivity contribution in [3.05, 3.63) is 36.0 Å². The Morgan fingerprint density at radius 3 is 2.94 bits per heavy atom. The Kier molecular flexibility index (Phi) is 9.47. The average molecular weight is 445 g/mol. The summed E-state index contributed by atoms with van der Waals surface area (Å²) < 4.78 is 5.40. The Balaban J connectivity index is 1.58. The van der Waals surface area contributed by atoms with E-state index in [0.29, 0.717) is 11.8 Å². The van der Waals surface area contributed by atoms with Crippen LogP contribution >= 0.6 is 11.8 Å². The van der Waals surface area contributed by atoms with Crippen LogP contribution in [0.3, 0.4) is 0 Å². The van der Waals surface area contributed by atoms with Crippen LogP contribution in [0.4, 0.5) is 0 Å². The predicted octanol–water partition coefficient (Wildman–Crippen LogP) is 5.12. The molecule has 0 aliphatic carbocycles. The molecule has 0 saturated carbocycles. The lowest BCUT2D eigenvalue weighted by atomic mass is 9.79. The summed E-state index contributed by atoms with van der Waals surface area (Å²) in [6, 6.07) is 8.18. The number of thioether (sulfide) groups is 1. The molecule has 2 aromatic rings. The molecular formula is C25H36N2O3S. The number of carboxylic acid groups (broad SMARTS) is 1. The van der Waals surface area contributed by atoms with Crippen molar-refractivity contribution in [3.8, 4) is 5.75 Å². The topological polar surface area (TPSA) is 62.7 Å². The third-order valence-electron chi connectivity index (χ3n) is 6.52. The van der Waals surface area contributed by atoms with Gasteiger partial charge in [-0.2, -0.15) is 11.8 Å². The molecular weight excluding hydrogens is 408 g/mol. The van der Waals surface area contributed by atoms with Crippen LogP contribution in [0, 0.1) is 11.8 Å². The van der Waals surface area contributed by atoms with Crippen molar-refractivity contribution in [2.75, 3.05) is 38.2 Å². The molecule has 6 heteroatoms. The van der Waals surface area contributed by atoms with Crippen molar-refractivity contribution in [1.29, 1.82) is 0 Å². The molecule has 1 N–H and O–H groups in total. The highest BCUT2D eigenvalue weighted by Gasteiger charge is 2.29. The largest absolute Gasteiger partial charge is 0.497 e. The summed E-state index contributed by atoms with van der Waals surface area (Å²) in [5, 5.41) is 10.4. The Hall–Kier alpha value is -1.79. The number of aliphatic carboxylic acids is 1. The van der Waals surface area contributed by atoms with Gasteiger partial charge in [-0.3, -0.25) is 9.78 Å². The molecule has 2 heterocycles. The number of carboxylic acids is 1. The molecule has 0 unspecified atom stereocenters. The van der Waals surface area contributed by atoms with Crippen LogP contribution in [0.25, 0.3) is 10.9 Å². The molecule has 0 spiro atoms. The summed E-state index contributed by atoms with van der Waals surface area (Å²) in [6.45, 7) is 5.53. The molecule has 0 radical (unpaired) electrons. The monoisotopic (exact) mass is 444 g/mol. The molecule has 170 valence electrons. The van der Waals surface area contributed by atoms with Gasteiger partial charge in [0.1, 0.15) is 5.75 Å². The molecule has 0 bridgehead atoms. The smallest absolute Gasteiger partial charge is 0.303 e. The Morgan fingerprint density at radius 2 is 2.16 bits per heavy atom. The molecule has 5 nitrogen and oxygen atoms in total. The van der Waals surface area contributed by atoms with Crippen LogP contribution in [0.15, 0.2) is 30.5 Å². The fourth-order valence-electron chi connectivity index (χ4n) is 4.80. The van der Waals surface area contributed by atoms with Gasteiger partial charge < -0.3 is 14.7 Å². The first-order valence-electron chi connectivity index (χ1n) is 11.5. The van der Waals surface area contributed by atoms with Gasteiger partial charge in [0.15, 0.2) is 0 Å². The van der Waals surface area contributed by atoms with Crippen LogP contribution in [-0.2, 0) is 11.2 Å². The van der Waals surface area contributed by atoms with Crippen LogP contribution in [0.1, 0.15) is 44.6 Å². The summed E-state index contributed by atoms with van der Waals surface area (Å²) in [5.74, 6) is 3.64. The third kappa shape index (κ3) is 7.11. The SMILES string of the molecule is CCSCCN1CC[C@@H](CCCc2ccnc3ccc(OC)cc23)[C@@H](CCC(=O)O)C1. The molecule has 1 aliphatic rings. The highest BCUT2D eigenvalue weighted by atomic mass is 32.2. The third-order valence-corrected chi connectivity index (χ3v) is 7.40. The van der Waals surface area contributed by atoms with Crippen LogP contribution in [-0.4, -0.2) is 59.2 Å². The van der Waals surface area contributed by atoms with Crippen LogP contribution in [0.5, 0.6) is 5.75 Å². The second kappa shape index (κ2) is 12.3. The molecule has 1 aromatic heterocycles. The lowest BCUT2D eigenvalue weighted by Gasteiger charge is -2.39. The molecule has 1 saturated heterocycles. The summed E-state index contributed by atoms with van der Waals surface area (Å²) >= 11 is 1.99. The number of benzene rings is 1. The molecule has 3 rings (SSSR count). The number of fused-ring (bicyclic) bond motifs is 1. The molecule has 0 amide bonds. The van der Waals surface area contributed by atoms with E-state index in [9.17, 15) is 9.90 Å². The maximum Gasteiger partial charge on any atom is 0.303 e. The standard InChI is InChI=1S/C25H36N2O3S/c1-3-31-16-15-27-14-12-19(21(18-27)7-10-25(28)29)5-4-6-20-11-13-26-24-9-8-22(30-2)17-23(20)24/h8-9,11,13,17,19,21H,3-7,10,12,14-16,18H2,1-2H3,(H,28,29)/t19-,21+/m1/s1. The maximum absolute atomic E-state index is 11.2. The fraction of sp³-hybridized carbons (Fsp3) is 0.600. The van der Waals surface area contributed by atoms with Gasteiger partial charge in [-0.25, -0.2) is 0 Å². The van der Waals surface area contributed by atoms with Gasteiger partial charge in [-0.05, 0) is 86.1 Å². The number of ether oxygens (including phenoxy) is 1. The number of methoxy groups -OCH3 is 1. The Bertz CT molecular complexity index is 845. The van der Waals surface area contributed by atoms with Crippen LogP contribution < -0.4 is 4.74 Å². The number of nitrogens with zero attached hydrogens (tertiary/aromatic N) is 2. The quantitative estimate of drug-likeness (QED) is 0.458. The number of hydrogen-bond acceptors (Lipinski definition) is 5. The molecule has 2 atom stereocenters. The summed E-state index contributed by atoms with van der Waals surface area (Å²) in [6.07, 6.45) is 7.47. The van der Waals surface area contributed by atoms with Gasteiger partial charge in [0.2, 0.25) is 0 Å². The Morgan fingerprint density at radius 1 is 1.29 bits per heavy atom. The number of piperidine rings is 1. The van der Waals surface area contributed by atoms with E-state index in [0.717, 1.165) is 62.3 Å². The number of rotatable bonds is 12. The van der Waals surface area contributed by atoms with E-state index < -0.39 is 5.97 Å². The summed E-state index contributed by atoms with van der Waals surface area (Å²) in [4.78, 5) is 18.2. The average Bonchev–Trinajstić information content (AvgIpc) is 2.78. The maximum atomic E-state index is 11.2. The number of aryl methyl sites for hydroxylation is 1. The molecule has 31 heavy (non-hydrogen) atoms. The summed E-state index contributed by atoms with van der Waals surface area (Å²) in [5.41, 5.74) is 2.33. The normalized spacial score (nSPS) is 19.5. The molecule has 1 aliphatic heterocycles. The van der Waals surface area contributed by atoms with E-state index in [4.69, 9.17) is 4.74 Å². The second-order valence-electron chi connectivity index (χ2n) is 8.48. The highest BCUT2D eigenvalue weighted by Crippen LogP contribution is 2.32. The van der Waals surface area contributed by atoms with Crippen molar-refractivity contribution in [3.63, 3.8) is 0 Å². The number of pyridine rings is 1. The molecule has 1 aromatic carbocycles. The number of likely N-dealkylation sites (tertiary alicyclic amines) is 1. The first-order chi connectivity index (χ1) is 15.1. The van der Waals surface area contributed by atoms with Gasteiger partial charge in [0, 0.05) is 36.8 Å². The van der Waals surface area contributed by atoms with Crippen molar-refractivity contribution in [2.45, 2.75) is 45.4 Å². The van der Waals surface area contributed by atoms with Crippen molar-refractivity contribution in [2.24, 2.45) is 11.8 Å². The van der Waals surface area contributed by atoms with Crippen molar-refractivity contribution >= 4 is 28.6 Å². The second-order valence-corrected chi connectivity index (χ2v) is 9.88. The fourth-order valence-corrected chi connectivity index (χ4v) is 5.47. The van der Waals surface area contributed by atoms with Crippen LogP contribution in [0.2, 0.25) is 0 Å². The van der Waals surface area contributed by atoms with Gasteiger partial charge in [-0.1, -0.05) is 6.92 Å². The van der Waals surface area contributed by atoms with Crippen molar-refractivity contribution in [1.82, 2.24) is 9.88 Å². The van der Waals surface area contributed by atoms with Gasteiger partial charge in [-0.15, -0.1) is 0 Å². The minimum Gasteiger partial charge on any atom is -0.497 e. The van der Waals surface area contributed by atoms with E-state index in [1.807, 2.05) is 30.1 Å². The highest BCUT2D eigenvalue weighted by molar-refractivity contribution is 7.99. The molecule has 1 fully saturated rings. The minimum atomic E-state index is -0.672. The lowest BCUT2D eigenvalue weighted by molar-refractivity contribution is -0.137. The van der Waals surface area contributed by atoms with Gasteiger partial charge >= 0.3 is 5.97 Å². The van der Waals surface area contributed by atoms with E-state index in [-0.39, 0.29) is 6.42 Å². The number of hydrogen-bond donors (Lipinski definition) is 1. The van der Waals surface area contributed by atoms with Crippen molar-refractivity contribution < 1.29 is 14.6 Å². The first kappa shape index (κ1) is 23.9. The van der Waals surface area contributed by atoms with E-state index >= 15 is 0 Å². The number of carbonyl (C=O) groups is 1. The minimum absolute atomic E-state index is 0.285. The van der Waals surface area contributed by atoms with Gasteiger partial charge in [0.25, 0.3) is 0 Å². The number of aromatic nitrogens is 1. The van der Waals surface area contributed by atoms with Gasteiger partial charge in [0.05, 0.1) is 12.6 Å². The predicted molar refractivity (Wildman–Crippen MR) is 129 cm³/mol. The van der Waals surface area contributed by atoms with E-state index in [1.54, 1.807) is 7.11 Å². The zero-order chi connectivity index (χ0) is 22.1. The zero-order valence-electron chi connectivity index (χ0n) is 18.9.